The fraction of sp³-hybridized carbons (Fsp3) is 0.0357. The Morgan fingerprint density at radius 1 is 0.196 bits per heavy atom. The minimum Gasteiger partial charge on any atom is -0.0622 e. The molecule has 0 saturated carbocycles. The van der Waals surface area contributed by atoms with Crippen LogP contribution in [0.5, 0.6) is 0 Å². The van der Waals surface area contributed by atoms with Gasteiger partial charge in [-0.3, -0.25) is 0 Å². The van der Waals surface area contributed by atoms with Crippen LogP contribution in [0.15, 0.2) is 218 Å². The van der Waals surface area contributed by atoms with Crippen LogP contribution in [0.3, 0.4) is 0 Å². The smallest absolute Gasteiger partial charge is 0.0622 e. The van der Waals surface area contributed by atoms with Gasteiger partial charge in [-0.15, -0.1) is 0 Å². The minimum atomic E-state index is -0.387. The molecular weight excluding hydrogens is 673 g/mol. The number of rotatable bonds is 4. The second-order valence-corrected chi connectivity index (χ2v) is 15.5. The third kappa shape index (κ3) is 4.03. The molecule has 0 heterocycles. The molecule has 1 spiro atoms. The molecule has 0 aliphatic heterocycles. The molecule has 0 saturated heterocycles. The summed E-state index contributed by atoms with van der Waals surface area (Å²) in [5.41, 5.74) is 22.9. The SMILES string of the molecule is c1ccc(C2(c3ccc(-c4ccc(-c5ccc6c(c5)C5(c7ccccc7-c7ccccc75)c5ccccc5-6)cc4)cc3)c3ccccc3-c3ccccc32)cc1. The Balaban J connectivity index is 0.945. The molecule has 0 aromatic heterocycles. The van der Waals surface area contributed by atoms with Gasteiger partial charge in [0.2, 0.25) is 0 Å². The Bertz CT molecular complexity index is 2890. The first-order valence-corrected chi connectivity index (χ1v) is 19.7. The number of fused-ring (bicyclic) bond motifs is 13. The summed E-state index contributed by atoms with van der Waals surface area (Å²) in [5, 5.41) is 0. The maximum atomic E-state index is 2.47. The third-order valence-corrected chi connectivity index (χ3v) is 13.0. The van der Waals surface area contributed by atoms with Crippen molar-refractivity contribution in [3.8, 4) is 55.6 Å². The average molecular weight is 709 g/mol. The lowest BCUT2D eigenvalue weighted by Gasteiger charge is -2.34. The lowest BCUT2D eigenvalue weighted by Crippen LogP contribution is -2.28. The number of benzene rings is 9. The van der Waals surface area contributed by atoms with Crippen molar-refractivity contribution in [2.45, 2.75) is 10.8 Å². The Morgan fingerprint density at radius 3 is 0.946 bits per heavy atom. The van der Waals surface area contributed by atoms with E-state index in [0.717, 1.165) is 0 Å². The molecular formula is C56H36. The zero-order valence-electron chi connectivity index (χ0n) is 30.8. The van der Waals surface area contributed by atoms with Crippen molar-refractivity contribution in [3.63, 3.8) is 0 Å². The lowest BCUT2D eigenvalue weighted by molar-refractivity contribution is 0.768. The van der Waals surface area contributed by atoms with E-state index in [-0.39, 0.29) is 10.8 Å². The van der Waals surface area contributed by atoms with E-state index in [9.17, 15) is 0 Å². The Hall–Kier alpha value is -7.02. The molecule has 9 aromatic rings. The van der Waals surface area contributed by atoms with Crippen LogP contribution in [-0.4, -0.2) is 0 Å². The molecule has 0 N–H and O–H groups in total. The summed E-state index contributed by atoms with van der Waals surface area (Å²) < 4.78 is 0. The van der Waals surface area contributed by atoms with Gasteiger partial charge < -0.3 is 0 Å². The van der Waals surface area contributed by atoms with E-state index in [1.807, 2.05) is 0 Å². The Kier molecular flexibility index (Phi) is 6.57. The van der Waals surface area contributed by atoms with Crippen molar-refractivity contribution < 1.29 is 0 Å². The molecule has 3 aliphatic rings. The van der Waals surface area contributed by atoms with Crippen molar-refractivity contribution in [1.29, 1.82) is 0 Å². The maximum absolute atomic E-state index is 2.47. The summed E-state index contributed by atoms with van der Waals surface area (Å²) >= 11 is 0. The summed E-state index contributed by atoms with van der Waals surface area (Å²) in [6.45, 7) is 0. The van der Waals surface area contributed by atoms with Gasteiger partial charge in [0, 0.05) is 0 Å². The third-order valence-electron chi connectivity index (χ3n) is 13.0. The zero-order valence-corrected chi connectivity index (χ0v) is 30.8. The van der Waals surface area contributed by atoms with Gasteiger partial charge >= 0.3 is 0 Å². The molecule has 0 unspecified atom stereocenters. The van der Waals surface area contributed by atoms with E-state index >= 15 is 0 Å². The number of hydrogen-bond donors (Lipinski definition) is 0. The Labute approximate surface area is 328 Å². The van der Waals surface area contributed by atoms with Crippen LogP contribution in [0.1, 0.15) is 44.5 Å². The fourth-order valence-electron chi connectivity index (χ4n) is 10.8. The summed E-state index contributed by atoms with van der Waals surface area (Å²) in [6.07, 6.45) is 0. The van der Waals surface area contributed by atoms with Crippen molar-refractivity contribution >= 4 is 0 Å². The summed E-state index contributed by atoms with van der Waals surface area (Å²) in [4.78, 5) is 0. The fourth-order valence-corrected chi connectivity index (χ4v) is 10.8. The maximum Gasteiger partial charge on any atom is 0.0725 e. The van der Waals surface area contributed by atoms with Crippen LogP contribution in [0.4, 0.5) is 0 Å². The van der Waals surface area contributed by atoms with Gasteiger partial charge in [0.1, 0.15) is 0 Å². The first-order valence-electron chi connectivity index (χ1n) is 19.7. The van der Waals surface area contributed by atoms with Gasteiger partial charge in [-0.05, 0) is 106 Å². The highest BCUT2D eigenvalue weighted by Crippen LogP contribution is 2.63. The molecule has 0 radical (unpaired) electrons. The molecule has 9 aromatic carbocycles. The normalized spacial score (nSPS) is 14.4. The highest BCUT2D eigenvalue weighted by atomic mass is 14.5. The summed E-state index contributed by atoms with van der Waals surface area (Å²) in [6, 6.07) is 81.6. The molecule has 260 valence electrons. The number of hydrogen-bond acceptors (Lipinski definition) is 0. The van der Waals surface area contributed by atoms with E-state index in [2.05, 4.69) is 218 Å². The monoisotopic (exact) mass is 708 g/mol. The van der Waals surface area contributed by atoms with Crippen LogP contribution in [-0.2, 0) is 10.8 Å². The first-order chi connectivity index (χ1) is 27.8. The van der Waals surface area contributed by atoms with Gasteiger partial charge in [0.25, 0.3) is 0 Å². The molecule has 0 nitrogen and oxygen atoms in total. The van der Waals surface area contributed by atoms with Crippen LogP contribution in [0, 0.1) is 0 Å². The predicted octanol–water partition coefficient (Wildman–Crippen LogP) is 13.7. The minimum absolute atomic E-state index is 0.339. The predicted molar refractivity (Wildman–Crippen MR) is 231 cm³/mol. The molecule has 0 atom stereocenters. The van der Waals surface area contributed by atoms with Gasteiger partial charge in [0.05, 0.1) is 10.8 Å². The second kappa shape index (κ2) is 11.7. The first kappa shape index (κ1) is 31.3. The van der Waals surface area contributed by atoms with Crippen molar-refractivity contribution in [3.05, 3.63) is 263 Å². The topological polar surface area (TPSA) is 0 Å². The lowest BCUT2D eigenvalue weighted by atomic mass is 9.67. The standard InChI is InChI=1S/C56H36/c1-2-14-41(15-3-1)55(49-21-9-4-16-43(49)44-17-5-10-22-50(44)55)42-33-30-38(31-34-42)37-26-28-39(29-27-37)40-32-35-48-47-20-8-13-25-53(47)56(54(48)36-40)51-23-11-6-18-45(51)46-19-7-12-24-52(46)56/h1-36H. The van der Waals surface area contributed by atoms with E-state index in [4.69, 9.17) is 0 Å². The molecule has 56 heavy (non-hydrogen) atoms. The molecule has 0 fully saturated rings. The van der Waals surface area contributed by atoms with Crippen LogP contribution >= 0.6 is 0 Å². The van der Waals surface area contributed by atoms with Gasteiger partial charge in [-0.2, -0.15) is 0 Å². The van der Waals surface area contributed by atoms with Crippen molar-refractivity contribution in [2.75, 3.05) is 0 Å². The van der Waals surface area contributed by atoms with Crippen LogP contribution < -0.4 is 0 Å². The molecule has 12 rings (SSSR count). The van der Waals surface area contributed by atoms with Crippen molar-refractivity contribution in [1.82, 2.24) is 0 Å². The van der Waals surface area contributed by atoms with Gasteiger partial charge in [-0.25, -0.2) is 0 Å². The molecule has 0 amide bonds. The molecule has 3 aliphatic carbocycles. The molecule has 0 heteroatoms. The van der Waals surface area contributed by atoms with Gasteiger partial charge in [-0.1, -0.05) is 212 Å². The summed E-state index contributed by atoms with van der Waals surface area (Å²) in [7, 11) is 0. The van der Waals surface area contributed by atoms with Crippen molar-refractivity contribution in [2.24, 2.45) is 0 Å². The zero-order chi connectivity index (χ0) is 36.8. The molecule has 0 bridgehead atoms. The average Bonchev–Trinajstić information content (AvgIpc) is 3.87. The summed E-state index contributed by atoms with van der Waals surface area (Å²) in [5.74, 6) is 0. The Morgan fingerprint density at radius 2 is 0.500 bits per heavy atom. The van der Waals surface area contributed by atoms with E-state index in [1.54, 1.807) is 0 Å². The van der Waals surface area contributed by atoms with Gasteiger partial charge in [0.15, 0.2) is 0 Å². The quantitative estimate of drug-likeness (QED) is 0.171. The van der Waals surface area contributed by atoms with Crippen LogP contribution in [0.25, 0.3) is 55.6 Å². The van der Waals surface area contributed by atoms with Crippen LogP contribution in [0.2, 0.25) is 0 Å². The highest BCUT2D eigenvalue weighted by molar-refractivity contribution is 5.96. The van der Waals surface area contributed by atoms with E-state index < -0.39 is 0 Å². The highest BCUT2D eigenvalue weighted by Gasteiger charge is 2.51. The van der Waals surface area contributed by atoms with E-state index in [1.165, 1.54) is 100 Å². The van der Waals surface area contributed by atoms with E-state index in [0.29, 0.717) is 0 Å². The largest absolute Gasteiger partial charge is 0.0725 e. The second-order valence-electron chi connectivity index (χ2n) is 15.5.